The summed E-state index contributed by atoms with van der Waals surface area (Å²) < 4.78 is 0. The smallest absolute Gasteiger partial charge is 0.271 e. The lowest BCUT2D eigenvalue weighted by molar-refractivity contribution is -0.384. The highest BCUT2D eigenvalue weighted by atomic mass is 16.6. The summed E-state index contributed by atoms with van der Waals surface area (Å²) in [7, 11) is 0. The fourth-order valence-corrected chi connectivity index (χ4v) is 6.90. The highest BCUT2D eigenvalue weighted by Gasteiger charge is 2.68. The van der Waals surface area contributed by atoms with Crippen LogP contribution in [0.1, 0.15) is 38.5 Å². The molecule has 0 aromatic heterocycles. The number of para-hydroxylation sites is 1. The first-order chi connectivity index (χ1) is 19.9. The number of nitrogens with zero attached hydrogens (tertiary/aromatic N) is 3. The van der Waals surface area contributed by atoms with E-state index in [1.807, 2.05) is 54.6 Å². The molecule has 4 aromatic carbocycles. The van der Waals surface area contributed by atoms with Crippen molar-refractivity contribution in [3.05, 3.63) is 141 Å². The quantitative estimate of drug-likeness (QED) is 0.171. The number of carbonyl (C=O) groups excluding carboxylic acids is 3. The molecule has 200 valence electrons. The van der Waals surface area contributed by atoms with Crippen molar-refractivity contribution in [2.75, 3.05) is 4.90 Å². The molecule has 3 amide bonds. The van der Waals surface area contributed by atoms with Crippen molar-refractivity contribution in [3.63, 3.8) is 0 Å². The van der Waals surface area contributed by atoms with E-state index < -0.39 is 28.1 Å². The number of non-ortho nitro benzene ring substituents is 1. The molecule has 3 aliphatic carbocycles. The maximum absolute atomic E-state index is 14.3. The highest BCUT2D eigenvalue weighted by Crippen LogP contribution is 2.63. The van der Waals surface area contributed by atoms with Gasteiger partial charge in [0.15, 0.2) is 0 Å². The molecule has 9 heteroatoms. The summed E-state index contributed by atoms with van der Waals surface area (Å²) in [6, 6.07) is 29.8. The fraction of sp³-hybridized carbons (Fsp3) is 0.125. The molecular weight excluding hydrogens is 520 g/mol. The summed E-state index contributed by atoms with van der Waals surface area (Å²) in [4.78, 5) is 53.2. The second-order valence-corrected chi connectivity index (χ2v) is 10.4. The molecule has 1 aliphatic heterocycles. The molecule has 1 fully saturated rings. The first kappa shape index (κ1) is 24.6. The van der Waals surface area contributed by atoms with Crippen molar-refractivity contribution < 1.29 is 19.3 Å². The minimum atomic E-state index is -1.14. The van der Waals surface area contributed by atoms with Crippen LogP contribution in [-0.2, 0) is 15.0 Å². The summed E-state index contributed by atoms with van der Waals surface area (Å²) >= 11 is 0. The van der Waals surface area contributed by atoms with E-state index in [-0.39, 0.29) is 29.0 Å². The first-order valence-corrected chi connectivity index (χ1v) is 13.1. The van der Waals surface area contributed by atoms with Gasteiger partial charge in [-0.05, 0) is 40.5 Å². The number of amides is 3. The lowest BCUT2D eigenvalue weighted by Gasteiger charge is -2.52. The highest BCUT2D eigenvalue weighted by molar-refractivity contribution is 6.25. The molecule has 1 heterocycles. The van der Waals surface area contributed by atoms with E-state index in [0.29, 0.717) is 5.69 Å². The van der Waals surface area contributed by atoms with Gasteiger partial charge in [-0.15, -0.1) is 0 Å². The molecule has 2 atom stereocenters. The number of benzene rings is 4. The van der Waals surface area contributed by atoms with E-state index >= 15 is 0 Å². The van der Waals surface area contributed by atoms with E-state index in [0.717, 1.165) is 22.3 Å². The number of imide groups is 1. The average Bonchev–Trinajstić information content (AvgIpc) is 3.28. The molecule has 0 saturated carbocycles. The minimum Gasteiger partial charge on any atom is -0.274 e. The predicted molar refractivity (Wildman–Crippen MR) is 150 cm³/mol. The number of hydrogen-bond donors (Lipinski definition) is 1. The van der Waals surface area contributed by atoms with Crippen LogP contribution in [0.25, 0.3) is 0 Å². The van der Waals surface area contributed by atoms with E-state index in [1.165, 1.54) is 29.2 Å². The van der Waals surface area contributed by atoms with E-state index in [9.17, 15) is 24.5 Å². The third-order valence-corrected chi connectivity index (χ3v) is 8.45. The molecule has 4 aromatic rings. The van der Waals surface area contributed by atoms with E-state index in [2.05, 4.69) is 10.5 Å². The molecule has 4 aliphatic rings. The first-order valence-electron chi connectivity index (χ1n) is 13.1. The van der Waals surface area contributed by atoms with Gasteiger partial charge in [0.25, 0.3) is 11.6 Å². The SMILES string of the molecule is O=C(N/N=C\C12c3ccccc3C(c3ccccc31)[C@@H]1C(=O)N(c3ccccc3)C(=O)[C@@H]12)c1cccc([N+](=O)[O-])c1. The Balaban J connectivity index is 1.38. The Morgan fingerprint density at radius 3 is 2.15 bits per heavy atom. The summed E-state index contributed by atoms with van der Waals surface area (Å²) in [6.07, 6.45) is 1.56. The summed E-state index contributed by atoms with van der Waals surface area (Å²) in [5.74, 6) is -2.99. The van der Waals surface area contributed by atoms with Crippen LogP contribution in [0.5, 0.6) is 0 Å². The molecule has 1 N–H and O–H groups in total. The summed E-state index contributed by atoms with van der Waals surface area (Å²) in [5.41, 5.74) is 5.32. The number of nitrogens with one attached hydrogen (secondary N) is 1. The molecule has 1 saturated heterocycles. The van der Waals surface area contributed by atoms with Crippen molar-refractivity contribution in [1.82, 2.24) is 5.43 Å². The van der Waals surface area contributed by atoms with Crippen molar-refractivity contribution >= 4 is 35.3 Å². The van der Waals surface area contributed by atoms with E-state index in [4.69, 9.17) is 0 Å². The molecule has 9 nitrogen and oxygen atoms in total. The van der Waals surface area contributed by atoms with Gasteiger partial charge in [-0.1, -0.05) is 72.8 Å². The van der Waals surface area contributed by atoms with Crippen LogP contribution in [0.3, 0.4) is 0 Å². The van der Waals surface area contributed by atoms with Crippen LogP contribution in [0, 0.1) is 22.0 Å². The van der Waals surface area contributed by atoms with Crippen LogP contribution in [-0.4, -0.2) is 28.9 Å². The standard InChI is InChI=1S/C32H22N4O5/c37-29(19-9-8-12-21(17-19)36(40)41)34-33-18-32-24-15-6-4-13-22(24)26(23-14-5-7-16-25(23)32)27-28(32)31(39)35(30(27)38)20-10-2-1-3-11-20/h1-18,26-28H,(H,34,37)/b33-18-/t26?,27-,28+,32?/m0/s1. The van der Waals surface area contributed by atoms with Gasteiger partial charge in [0.1, 0.15) is 0 Å². The van der Waals surface area contributed by atoms with Gasteiger partial charge in [-0.25, -0.2) is 10.3 Å². The Morgan fingerprint density at radius 2 is 1.49 bits per heavy atom. The largest absolute Gasteiger partial charge is 0.274 e. The maximum Gasteiger partial charge on any atom is 0.271 e. The number of hydrogen-bond acceptors (Lipinski definition) is 6. The Kier molecular flexibility index (Phi) is 5.43. The number of nitro groups is 1. The summed E-state index contributed by atoms with van der Waals surface area (Å²) in [6.45, 7) is 0. The normalized spacial score (nSPS) is 23.7. The molecule has 0 radical (unpaired) electrons. The number of anilines is 1. The van der Waals surface area contributed by atoms with Crippen LogP contribution < -0.4 is 10.3 Å². The van der Waals surface area contributed by atoms with Crippen LogP contribution in [0.2, 0.25) is 0 Å². The average molecular weight is 543 g/mol. The lowest BCUT2D eigenvalue weighted by Crippen LogP contribution is -2.54. The molecule has 2 bridgehead atoms. The molecule has 0 unspecified atom stereocenters. The lowest BCUT2D eigenvalue weighted by atomic mass is 9.47. The Bertz CT molecular complexity index is 1750. The van der Waals surface area contributed by atoms with Gasteiger partial charge in [0, 0.05) is 29.8 Å². The number of nitro benzene ring substituents is 1. The van der Waals surface area contributed by atoms with Crippen molar-refractivity contribution in [2.45, 2.75) is 11.3 Å². The van der Waals surface area contributed by atoms with Gasteiger partial charge in [-0.3, -0.25) is 24.5 Å². The Hall–Kier alpha value is -5.44. The minimum absolute atomic E-state index is 0.0715. The number of rotatable bonds is 5. The van der Waals surface area contributed by atoms with Gasteiger partial charge in [0.05, 0.1) is 27.9 Å². The summed E-state index contributed by atoms with van der Waals surface area (Å²) in [5, 5.41) is 15.5. The van der Waals surface area contributed by atoms with Gasteiger partial charge >= 0.3 is 0 Å². The number of hydrazone groups is 1. The molecule has 41 heavy (non-hydrogen) atoms. The Labute approximate surface area is 234 Å². The monoisotopic (exact) mass is 542 g/mol. The second kappa shape index (κ2) is 9.06. The Morgan fingerprint density at radius 1 is 0.854 bits per heavy atom. The zero-order valence-electron chi connectivity index (χ0n) is 21.5. The van der Waals surface area contributed by atoms with Gasteiger partial charge in [-0.2, -0.15) is 5.10 Å². The van der Waals surface area contributed by atoms with E-state index in [1.54, 1.807) is 30.5 Å². The predicted octanol–water partition coefficient (Wildman–Crippen LogP) is 4.56. The third-order valence-electron chi connectivity index (χ3n) is 8.45. The zero-order valence-corrected chi connectivity index (χ0v) is 21.5. The third kappa shape index (κ3) is 3.42. The molecule has 8 rings (SSSR count). The maximum atomic E-state index is 14.3. The van der Waals surface area contributed by atoms with Crippen LogP contribution in [0.4, 0.5) is 11.4 Å². The van der Waals surface area contributed by atoms with Crippen molar-refractivity contribution in [2.24, 2.45) is 16.9 Å². The fourth-order valence-electron chi connectivity index (χ4n) is 6.90. The van der Waals surface area contributed by atoms with Crippen molar-refractivity contribution in [1.29, 1.82) is 0 Å². The van der Waals surface area contributed by atoms with Crippen molar-refractivity contribution in [3.8, 4) is 0 Å². The topological polar surface area (TPSA) is 122 Å². The van der Waals surface area contributed by atoms with Crippen LogP contribution in [0.15, 0.2) is 108 Å². The number of carbonyl (C=O) groups is 3. The molecule has 0 spiro atoms. The van der Waals surface area contributed by atoms with Crippen LogP contribution >= 0.6 is 0 Å². The van der Waals surface area contributed by atoms with Gasteiger partial charge in [0.2, 0.25) is 11.8 Å². The molecular formula is C32H22N4O5. The van der Waals surface area contributed by atoms with Gasteiger partial charge < -0.3 is 0 Å². The zero-order chi connectivity index (χ0) is 28.3. The second-order valence-electron chi connectivity index (χ2n) is 10.4.